The molecule has 0 bridgehead atoms. The van der Waals surface area contributed by atoms with Crippen molar-refractivity contribution in [2.45, 2.75) is 13.3 Å². The van der Waals surface area contributed by atoms with Crippen LogP contribution < -0.4 is 5.32 Å². The van der Waals surface area contributed by atoms with Gasteiger partial charge in [0.15, 0.2) is 0 Å². The molecule has 5 heteroatoms. The van der Waals surface area contributed by atoms with Crippen molar-refractivity contribution in [3.8, 4) is 0 Å². The first kappa shape index (κ1) is 15.9. The summed E-state index contributed by atoms with van der Waals surface area (Å²) in [6.45, 7) is 3.16. The van der Waals surface area contributed by atoms with Crippen molar-refractivity contribution in [3.63, 3.8) is 0 Å². The van der Waals surface area contributed by atoms with Crippen LogP contribution in [0.4, 0.5) is 4.39 Å². The average Bonchev–Trinajstić information content (AvgIpc) is 2.26. The highest BCUT2D eigenvalue weighted by Crippen LogP contribution is 2.22. The number of amides is 1. The van der Waals surface area contributed by atoms with Gasteiger partial charge in [0.2, 0.25) is 0 Å². The molecule has 0 saturated heterocycles. The van der Waals surface area contributed by atoms with Crippen molar-refractivity contribution in [3.05, 3.63) is 34.1 Å². The molecule has 1 amide bonds. The highest BCUT2D eigenvalue weighted by Gasteiger charge is 2.14. The molecule has 0 saturated carbocycles. The smallest absolute Gasteiger partial charge is 0.251 e. The summed E-state index contributed by atoms with van der Waals surface area (Å²) in [6, 6.07) is 2.76. The van der Waals surface area contributed by atoms with Crippen LogP contribution in [0.15, 0.2) is 12.1 Å². The molecule has 0 fully saturated rings. The highest BCUT2D eigenvalue weighted by atomic mass is 35.5. The molecule has 1 aromatic carbocycles. The summed E-state index contributed by atoms with van der Waals surface area (Å²) in [5.74, 6) is -0.719. The molecule has 0 aliphatic heterocycles. The standard InChI is InChI=1S/C14H20ClFN2O/c1-5-11-12(15)8-10(9-13(11)16)14(19)17-6-7-18(2,3)4/h8-9H,5-7H2,1-4H3/p+1. The molecule has 3 nitrogen and oxygen atoms in total. The van der Waals surface area contributed by atoms with Gasteiger partial charge in [-0.1, -0.05) is 18.5 Å². The van der Waals surface area contributed by atoms with Crippen LogP contribution >= 0.6 is 11.6 Å². The van der Waals surface area contributed by atoms with E-state index in [1.807, 2.05) is 28.1 Å². The van der Waals surface area contributed by atoms with Crippen molar-refractivity contribution in [2.24, 2.45) is 0 Å². The van der Waals surface area contributed by atoms with Crippen molar-refractivity contribution in [1.82, 2.24) is 5.32 Å². The summed E-state index contributed by atoms with van der Waals surface area (Å²) in [7, 11) is 6.12. The number of nitrogens with one attached hydrogen (secondary N) is 1. The normalized spacial score (nSPS) is 11.5. The maximum absolute atomic E-state index is 13.7. The summed E-state index contributed by atoms with van der Waals surface area (Å²) >= 11 is 5.96. The van der Waals surface area contributed by atoms with Crippen molar-refractivity contribution in [2.75, 3.05) is 34.2 Å². The SMILES string of the molecule is CCc1c(F)cc(C(=O)NCC[N+](C)(C)C)cc1Cl. The molecule has 1 N–H and O–H groups in total. The van der Waals surface area contributed by atoms with Gasteiger partial charge in [0.25, 0.3) is 5.91 Å². The van der Waals surface area contributed by atoms with Crippen molar-refractivity contribution in [1.29, 1.82) is 0 Å². The van der Waals surface area contributed by atoms with Crippen LogP contribution in [0, 0.1) is 5.82 Å². The molecule has 0 spiro atoms. The van der Waals surface area contributed by atoms with Crippen LogP contribution in [0.1, 0.15) is 22.8 Å². The molecule has 0 atom stereocenters. The number of quaternary nitrogens is 1. The van der Waals surface area contributed by atoms with Gasteiger partial charge in [0, 0.05) is 16.1 Å². The number of halogens is 2. The fourth-order valence-electron chi connectivity index (χ4n) is 1.68. The van der Waals surface area contributed by atoms with E-state index >= 15 is 0 Å². The molecule has 0 unspecified atom stereocenters. The van der Waals surface area contributed by atoms with E-state index in [9.17, 15) is 9.18 Å². The van der Waals surface area contributed by atoms with Gasteiger partial charge in [-0.3, -0.25) is 4.79 Å². The largest absolute Gasteiger partial charge is 0.346 e. The van der Waals surface area contributed by atoms with Crippen molar-refractivity contribution < 1.29 is 13.7 Å². The van der Waals surface area contributed by atoms with E-state index in [1.54, 1.807) is 0 Å². The number of benzene rings is 1. The Hall–Kier alpha value is -1.13. The van der Waals surface area contributed by atoms with Crippen LogP contribution in [0.5, 0.6) is 0 Å². The van der Waals surface area contributed by atoms with E-state index in [1.165, 1.54) is 12.1 Å². The van der Waals surface area contributed by atoms with Crippen LogP contribution in [-0.2, 0) is 6.42 Å². The van der Waals surface area contributed by atoms with Gasteiger partial charge < -0.3 is 9.80 Å². The van der Waals surface area contributed by atoms with E-state index in [0.717, 1.165) is 11.0 Å². The van der Waals surface area contributed by atoms with E-state index in [2.05, 4.69) is 5.32 Å². The lowest BCUT2D eigenvalue weighted by molar-refractivity contribution is -0.869. The van der Waals surface area contributed by atoms with Crippen LogP contribution in [0.3, 0.4) is 0 Å². The van der Waals surface area contributed by atoms with Crippen molar-refractivity contribution >= 4 is 17.5 Å². The van der Waals surface area contributed by atoms with E-state index in [0.29, 0.717) is 23.6 Å². The number of nitrogens with zero attached hydrogens (tertiary/aromatic N) is 1. The Balaban J connectivity index is 2.73. The molecule has 0 radical (unpaired) electrons. The second kappa shape index (κ2) is 6.35. The fraction of sp³-hybridized carbons (Fsp3) is 0.500. The maximum atomic E-state index is 13.7. The fourth-order valence-corrected chi connectivity index (χ4v) is 2.02. The van der Waals surface area contributed by atoms with Gasteiger partial charge in [0.05, 0.1) is 34.2 Å². The first-order chi connectivity index (χ1) is 8.74. The summed E-state index contributed by atoms with van der Waals surface area (Å²) in [4.78, 5) is 11.9. The number of hydrogen-bond acceptors (Lipinski definition) is 1. The summed E-state index contributed by atoms with van der Waals surface area (Å²) in [6.07, 6.45) is 0.508. The average molecular weight is 288 g/mol. The number of rotatable bonds is 5. The topological polar surface area (TPSA) is 29.1 Å². The lowest BCUT2D eigenvalue weighted by Crippen LogP contribution is -2.41. The Morgan fingerprint density at radius 2 is 2.00 bits per heavy atom. The molecular formula is C14H21ClFN2O+. The maximum Gasteiger partial charge on any atom is 0.251 e. The molecular weight excluding hydrogens is 267 g/mol. The Morgan fingerprint density at radius 1 is 1.37 bits per heavy atom. The number of likely N-dealkylation sites (N-methyl/N-ethyl adjacent to an activating group) is 1. The predicted molar refractivity (Wildman–Crippen MR) is 76.0 cm³/mol. The first-order valence-corrected chi connectivity index (χ1v) is 6.69. The third-order valence-corrected chi connectivity index (χ3v) is 3.16. The Morgan fingerprint density at radius 3 is 2.47 bits per heavy atom. The minimum atomic E-state index is -0.424. The van der Waals surface area contributed by atoms with E-state index in [-0.39, 0.29) is 11.5 Å². The highest BCUT2D eigenvalue weighted by molar-refractivity contribution is 6.31. The first-order valence-electron chi connectivity index (χ1n) is 6.31. The van der Waals surface area contributed by atoms with E-state index < -0.39 is 5.82 Å². The molecule has 0 heterocycles. The number of carbonyl (C=O) groups excluding carboxylic acids is 1. The molecule has 19 heavy (non-hydrogen) atoms. The monoisotopic (exact) mass is 287 g/mol. The molecule has 0 aliphatic rings. The molecule has 0 aliphatic carbocycles. The van der Waals surface area contributed by atoms with Crippen LogP contribution in [0.25, 0.3) is 0 Å². The van der Waals surface area contributed by atoms with Gasteiger partial charge in [-0.2, -0.15) is 0 Å². The minimum absolute atomic E-state index is 0.265. The second-order valence-corrected chi connectivity index (χ2v) is 5.95. The Bertz CT molecular complexity index is 446. The Labute approximate surface area is 119 Å². The van der Waals surface area contributed by atoms with E-state index in [4.69, 9.17) is 11.6 Å². The molecule has 1 aromatic rings. The lowest BCUT2D eigenvalue weighted by atomic mass is 10.1. The zero-order chi connectivity index (χ0) is 14.6. The Kier molecular flexibility index (Phi) is 5.32. The quantitative estimate of drug-likeness (QED) is 0.828. The second-order valence-electron chi connectivity index (χ2n) is 5.54. The van der Waals surface area contributed by atoms with Crippen LogP contribution in [-0.4, -0.2) is 44.6 Å². The van der Waals surface area contributed by atoms with Gasteiger partial charge in [-0.05, 0) is 18.6 Å². The zero-order valence-corrected chi connectivity index (χ0v) is 12.6. The zero-order valence-electron chi connectivity index (χ0n) is 11.9. The molecule has 0 aromatic heterocycles. The third kappa shape index (κ3) is 4.80. The van der Waals surface area contributed by atoms with Crippen LogP contribution in [0.2, 0.25) is 5.02 Å². The van der Waals surface area contributed by atoms with Gasteiger partial charge in [-0.25, -0.2) is 4.39 Å². The van der Waals surface area contributed by atoms with Gasteiger partial charge >= 0.3 is 0 Å². The van der Waals surface area contributed by atoms with Gasteiger partial charge in [-0.15, -0.1) is 0 Å². The van der Waals surface area contributed by atoms with Gasteiger partial charge in [0.1, 0.15) is 5.82 Å². The summed E-state index contributed by atoms with van der Waals surface area (Å²) in [5.41, 5.74) is 0.714. The lowest BCUT2D eigenvalue weighted by Gasteiger charge is -2.23. The summed E-state index contributed by atoms with van der Waals surface area (Å²) in [5, 5.41) is 3.07. The number of carbonyl (C=O) groups is 1. The molecule has 1 rings (SSSR count). The minimum Gasteiger partial charge on any atom is -0.346 e. The third-order valence-electron chi connectivity index (χ3n) is 2.82. The predicted octanol–water partition coefficient (Wildman–Crippen LogP) is 2.48. The summed E-state index contributed by atoms with van der Waals surface area (Å²) < 4.78 is 14.5. The number of hydrogen-bond donors (Lipinski definition) is 1. The molecule has 106 valence electrons.